The summed E-state index contributed by atoms with van der Waals surface area (Å²) in [5.41, 5.74) is 3.28. The van der Waals surface area contributed by atoms with Crippen molar-refractivity contribution in [2.75, 3.05) is 0 Å². The summed E-state index contributed by atoms with van der Waals surface area (Å²) in [6, 6.07) is 71.7. The molecule has 129 heavy (non-hydrogen) atoms. The van der Waals surface area contributed by atoms with Gasteiger partial charge in [-0.1, -0.05) is 251 Å². The van der Waals surface area contributed by atoms with Gasteiger partial charge in [0, 0.05) is 810 Å². The van der Waals surface area contributed by atoms with Crippen molar-refractivity contribution in [1.29, 1.82) is 0 Å². The van der Waals surface area contributed by atoms with Gasteiger partial charge >= 0.3 is 0 Å². The molecule has 0 unspecified atom stereocenters. The molecule has 37 heteroatoms. The second kappa shape index (κ2) is 215. The number of para-hydroxylation sites is 1. The molecule has 0 aliphatic rings. The predicted octanol–water partition coefficient (Wildman–Crippen LogP) is 25.9. The van der Waals surface area contributed by atoms with Crippen LogP contribution in [0.25, 0.3) is 43.6 Å². The van der Waals surface area contributed by atoms with Gasteiger partial charge in [0.2, 0.25) is 0 Å². The molecule has 5 aromatic carbocycles. The number of rotatable bonds is 1. The molecule has 10 heterocycles. The fourth-order valence-corrected chi connectivity index (χ4v) is 6.13. The van der Waals surface area contributed by atoms with E-state index >= 15 is 0 Å². The average molecular weight is 3330 g/mol. The maximum Gasteiger partial charge on any atom is 0.119 e. The van der Waals surface area contributed by atoms with E-state index in [4.69, 9.17) is 0 Å². The van der Waals surface area contributed by atoms with Gasteiger partial charge in [0.15, 0.2) is 0 Å². The normalized spacial score (nSPS) is 6.39. The molecular weight excluding hydrogens is 3200 g/mol. The average Bonchev–Trinajstić information content (AvgIpc) is 0.810. The molecule has 10 aromatic heterocycles. The van der Waals surface area contributed by atoms with Crippen LogP contribution in [0.1, 0.15) is 166 Å². The van der Waals surface area contributed by atoms with Crippen LogP contribution in [0, 0.1) is 12.1 Å². The van der Waals surface area contributed by atoms with Gasteiger partial charge in [0.05, 0.1) is 5.52 Å². The number of hydrogen-bond donors (Lipinski definition) is 0. The molecule has 0 spiro atoms. The van der Waals surface area contributed by atoms with Crippen molar-refractivity contribution in [3.63, 3.8) is 0 Å². The number of hydrogen-bond acceptors (Lipinski definition) is 16. The number of pyridine rings is 5. The van der Waals surface area contributed by atoms with Crippen molar-refractivity contribution in [3.05, 3.63) is 368 Å². The van der Waals surface area contributed by atoms with E-state index in [1.807, 2.05) is 306 Å². The topological polar surface area (TPSA) is 206 Å². The van der Waals surface area contributed by atoms with Crippen LogP contribution in [0.5, 0.6) is 0 Å². The quantitative estimate of drug-likeness (QED) is 0.140. The zero-order chi connectivity index (χ0) is 82.4. The van der Waals surface area contributed by atoms with Crippen LogP contribution in [0.4, 0.5) is 0 Å². The van der Waals surface area contributed by atoms with Gasteiger partial charge < -0.3 is 0 Å². The fourth-order valence-electron chi connectivity index (χ4n) is 6.13. The van der Waals surface area contributed by atoms with Crippen molar-refractivity contribution in [3.8, 4) is 11.1 Å². The summed E-state index contributed by atoms with van der Waals surface area (Å²) >= 11 is 0. The minimum Gasteiger partial charge on any atom is -0.265 e. The van der Waals surface area contributed by atoms with Gasteiger partial charge in [0.25, 0.3) is 0 Å². The van der Waals surface area contributed by atoms with Crippen molar-refractivity contribution >= 4 is 32.4 Å². The van der Waals surface area contributed by atoms with E-state index in [0.717, 1.165) is 16.6 Å². The van der Waals surface area contributed by atoms with Crippen LogP contribution < -0.4 is 0 Å². The second-order valence-electron chi connectivity index (χ2n) is 15.6. The Labute approximate surface area is 1310 Å². The fraction of sp³-hybridized carbons (Fsp3) is 0.261. The molecule has 0 N–H and O–H groups in total. The Morgan fingerprint density at radius 3 is 0.690 bits per heavy atom. The summed E-state index contributed by atoms with van der Waals surface area (Å²) in [4.78, 5) is 59.7. The molecule has 16 nitrogen and oxygen atoms in total. The van der Waals surface area contributed by atoms with Gasteiger partial charge in [-0.15, -0.1) is 29.0 Å². The summed E-state index contributed by atoms with van der Waals surface area (Å²) < 4.78 is 0. The number of benzene rings is 5. The van der Waals surface area contributed by atoms with Crippen LogP contribution in [0.3, 0.4) is 0 Å². The van der Waals surface area contributed by atoms with Crippen molar-refractivity contribution < 1.29 is 687 Å². The molecule has 15 rings (SSSR count). The molecule has 0 aliphatic heterocycles. The third kappa shape index (κ3) is 159. The van der Waals surface area contributed by atoms with E-state index < -0.39 is 0 Å². The Morgan fingerprint density at radius 1 is 0.163 bits per heavy atom. The first kappa shape index (κ1) is 220. The molecular formula is C92H130N16Y21-2. The van der Waals surface area contributed by atoms with E-state index in [1.54, 1.807) is 117 Å². The maximum atomic E-state index is 4.18. The zero-order valence-electron chi connectivity index (χ0n) is 81.8. The summed E-state index contributed by atoms with van der Waals surface area (Å²) in [7, 11) is 0. The predicted molar refractivity (Wildman–Crippen MR) is 467 cm³/mol. The Hall–Kier alpha value is 11.1. The maximum absolute atomic E-state index is 4.18. The molecule has 0 saturated carbocycles. The van der Waals surface area contributed by atoms with E-state index in [2.05, 4.69) is 153 Å². The SMILES string of the molecule is CC.CC.CC.CC.CC.CC.CC.CC.CC.CC.CC.CC.[Y].[Y].[Y].[Y].[Y].[Y].[Y].[Y].[Y].[Y].[Y].[Y].[Y].[Y].[Y].[Y].[Y].[Y].[Y].[Y].[Y].[c-]1ccccc1-c1[c-]ccc2ccccc12.c1ccc2cnccc2c1.c1ccc2ncccc2c1.c1ccncc1.c1ccncc1.c1ccncc1.c1cnccn1.c1cncnc1.c1cncnc1.c1cncnc1.c1ncncn1. The number of fused-ring (bicyclic) bond motifs is 3. The third-order valence-corrected chi connectivity index (χ3v) is 9.77. The van der Waals surface area contributed by atoms with Crippen LogP contribution in [0.2, 0.25) is 0 Å². The Bertz CT molecular complexity index is 3080. The standard InChI is InChI=1S/C16H10.2C9H7N.3C5H5N.4C4H4N2.C3H3N3.12C2H6.21Y/c1-2-7-13(8-3-1)16-12-6-10-14-9-4-5-11-15(14)16;1-2-6-9-8(4-1)5-3-7-10-9;1-2-4-9-7-10-6-5-8(9)3-1;3*1-2-4-6-5-3-1;1-2-6-4-3-5-1;3*1-2-5-4-6-3-1;1-4-2-6-3-5-1;12*1-2;;;;;;;;;;;;;;;;;;;;;/h1-7,9-11H;2*1-7H;3*1-5H;4*1-4H;1-3H;12*1-2H3;;;;;;;;;;;;;;;;;;;;;/q-2;;;;;;;;;;;;;;;;;;;;;;;;;;;;;;;;;;;;;;;;;;;. The van der Waals surface area contributed by atoms with Gasteiger partial charge in [-0.05, 0) is 83.6 Å². The van der Waals surface area contributed by atoms with E-state index in [-0.39, 0.29) is 687 Å². The van der Waals surface area contributed by atoms with Gasteiger partial charge in [-0.25, -0.2) is 56.0 Å². The summed E-state index contributed by atoms with van der Waals surface area (Å²) in [5.74, 6) is 0. The van der Waals surface area contributed by atoms with Crippen molar-refractivity contribution in [2.24, 2.45) is 0 Å². The second-order valence-corrected chi connectivity index (χ2v) is 15.6. The van der Waals surface area contributed by atoms with Crippen LogP contribution >= 0.6 is 0 Å². The molecule has 0 saturated heterocycles. The molecule has 0 bridgehead atoms. The minimum absolute atomic E-state index is 0. The third-order valence-electron chi connectivity index (χ3n) is 9.77. The molecule has 0 atom stereocenters. The van der Waals surface area contributed by atoms with Crippen molar-refractivity contribution in [1.82, 2.24) is 79.7 Å². The summed E-state index contributed by atoms with van der Waals surface area (Å²) in [6.45, 7) is 48.0. The van der Waals surface area contributed by atoms with Gasteiger partial charge in [0.1, 0.15) is 38.0 Å². The zero-order valence-corrected chi connectivity index (χ0v) is 141. The van der Waals surface area contributed by atoms with E-state index in [9.17, 15) is 0 Å². The molecule has 21 radical (unpaired) electrons. The van der Waals surface area contributed by atoms with Crippen molar-refractivity contribution in [2.45, 2.75) is 166 Å². The van der Waals surface area contributed by atoms with Crippen LogP contribution in [-0.4, -0.2) is 79.7 Å². The Kier molecular flexibility index (Phi) is 366. The molecule has 15 aromatic rings. The smallest absolute Gasteiger partial charge is 0.119 e. The van der Waals surface area contributed by atoms with E-state index in [0.29, 0.717) is 0 Å². The Balaban J connectivity index is -0.0000000307. The first-order valence-corrected chi connectivity index (χ1v) is 37.7. The first-order chi connectivity index (χ1) is 53.9. The number of aromatic nitrogens is 16. The number of nitrogens with zero attached hydrogens (tertiary/aromatic N) is 16. The first-order valence-electron chi connectivity index (χ1n) is 37.7. The minimum atomic E-state index is 0. The van der Waals surface area contributed by atoms with Gasteiger partial charge in [-0.3, -0.25) is 34.9 Å². The molecule has 0 amide bonds. The molecule has 0 aliphatic carbocycles. The molecule has 0 fully saturated rings. The van der Waals surface area contributed by atoms with E-state index in [1.165, 1.54) is 64.9 Å². The van der Waals surface area contributed by atoms with Crippen LogP contribution in [0.15, 0.2) is 356 Å². The summed E-state index contributed by atoms with van der Waals surface area (Å²) in [5, 5.41) is 6.12. The summed E-state index contributed by atoms with van der Waals surface area (Å²) in [6.07, 6.45) is 41.5. The monoisotopic (exact) mass is 3330 g/mol. The Morgan fingerprint density at radius 2 is 0.434 bits per heavy atom. The largest absolute Gasteiger partial charge is 0.265 e. The van der Waals surface area contributed by atoms with Crippen LogP contribution in [-0.2, 0) is 687 Å². The van der Waals surface area contributed by atoms with Gasteiger partial charge in [-0.2, -0.15) is 36.4 Å². The molecule has 643 valence electrons.